The quantitative estimate of drug-likeness (QED) is 0.585. The van der Waals surface area contributed by atoms with E-state index in [4.69, 9.17) is 16.3 Å². The molecule has 0 aliphatic carbocycles. The number of halogens is 1. The smallest absolute Gasteiger partial charge is 0.261 e. The van der Waals surface area contributed by atoms with Gasteiger partial charge in [-0.15, -0.1) is 0 Å². The highest BCUT2D eigenvalue weighted by atomic mass is 35.5. The number of rotatable bonds is 10. The highest BCUT2D eigenvalue weighted by Gasteiger charge is 2.26. The van der Waals surface area contributed by atoms with Gasteiger partial charge < -0.3 is 15.0 Å². The molecule has 2 amide bonds. The third kappa shape index (κ3) is 7.42. The van der Waals surface area contributed by atoms with Gasteiger partial charge in [-0.1, -0.05) is 54.8 Å². The zero-order valence-corrected chi connectivity index (χ0v) is 18.0. The fourth-order valence-electron chi connectivity index (χ4n) is 2.77. The summed E-state index contributed by atoms with van der Waals surface area (Å²) in [6.45, 7) is 6.55. The van der Waals surface area contributed by atoms with E-state index < -0.39 is 6.04 Å². The second kappa shape index (κ2) is 11.5. The van der Waals surface area contributed by atoms with Gasteiger partial charge in [-0.05, 0) is 50.1 Å². The molecule has 0 aromatic heterocycles. The van der Waals surface area contributed by atoms with Crippen LogP contribution >= 0.6 is 11.6 Å². The third-order valence-corrected chi connectivity index (χ3v) is 4.90. The first-order valence-electron chi connectivity index (χ1n) is 9.91. The standard InChI is InChI=1S/C23H29ClN2O3/c1-4-5-14-25-23(28)18(3)26(15-19-8-10-20(24)11-9-19)22(27)16-29-21-12-6-17(2)7-13-21/h6-13,18H,4-5,14-16H2,1-3H3,(H,25,28)/t18-/m0/s1. The number of aryl methyl sites for hydroxylation is 1. The van der Waals surface area contributed by atoms with Gasteiger partial charge in [0.05, 0.1) is 0 Å². The zero-order chi connectivity index (χ0) is 21.2. The van der Waals surface area contributed by atoms with Crippen LogP contribution in [0.5, 0.6) is 5.75 Å². The van der Waals surface area contributed by atoms with Crippen molar-refractivity contribution in [3.8, 4) is 5.75 Å². The van der Waals surface area contributed by atoms with Crippen LogP contribution in [0.15, 0.2) is 48.5 Å². The first-order valence-corrected chi connectivity index (χ1v) is 10.3. The van der Waals surface area contributed by atoms with Gasteiger partial charge in [0.2, 0.25) is 5.91 Å². The molecule has 0 aliphatic heterocycles. The lowest BCUT2D eigenvalue weighted by Crippen LogP contribution is -2.49. The van der Waals surface area contributed by atoms with Gasteiger partial charge >= 0.3 is 0 Å². The number of carbonyl (C=O) groups excluding carboxylic acids is 2. The summed E-state index contributed by atoms with van der Waals surface area (Å²) in [5.41, 5.74) is 2.01. The molecule has 0 saturated heterocycles. The number of benzene rings is 2. The Balaban J connectivity index is 2.08. The number of unbranched alkanes of at least 4 members (excludes halogenated alkanes) is 1. The summed E-state index contributed by atoms with van der Waals surface area (Å²) in [6, 6.07) is 14.1. The van der Waals surface area contributed by atoms with E-state index in [1.807, 2.05) is 43.3 Å². The van der Waals surface area contributed by atoms with Crippen molar-refractivity contribution in [2.45, 2.75) is 46.2 Å². The fourth-order valence-corrected chi connectivity index (χ4v) is 2.89. The van der Waals surface area contributed by atoms with Crippen molar-refractivity contribution in [3.63, 3.8) is 0 Å². The summed E-state index contributed by atoms with van der Waals surface area (Å²) < 4.78 is 5.64. The number of ether oxygens (including phenoxy) is 1. The summed E-state index contributed by atoms with van der Waals surface area (Å²) in [4.78, 5) is 27.0. The molecule has 0 bridgehead atoms. The Morgan fingerprint density at radius 3 is 2.38 bits per heavy atom. The lowest BCUT2D eigenvalue weighted by atomic mass is 10.1. The molecule has 0 fully saturated rings. The first kappa shape index (κ1) is 22.8. The van der Waals surface area contributed by atoms with Crippen molar-refractivity contribution in [1.82, 2.24) is 10.2 Å². The highest BCUT2D eigenvalue weighted by molar-refractivity contribution is 6.30. The maximum Gasteiger partial charge on any atom is 0.261 e. The number of hydrogen-bond acceptors (Lipinski definition) is 3. The van der Waals surface area contributed by atoms with E-state index in [-0.39, 0.29) is 18.4 Å². The molecule has 0 spiro atoms. The molecule has 156 valence electrons. The molecule has 0 aliphatic rings. The molecule has 2 aromatic rings. The first-order chi connectivity index (χ1) is 13.9. The predicted molar refractivity (Wildman–Crippen MR) is 116 cm³/mol. The van der Waals surface area contributed by atoms with Gasteiger partial charge in [-0.3, -0.25) is 9.59 Å². The van der Waals surface area contributed by atoms with Crippen molar-refractivity contribution in [2.24, 2.45) is 0 Å². The van der Waals surface area contributed by atoms with Crippen LogP contribution in [0.4, 0.5) is 0 Å². The van der Waals surface area contributed by atoms with Crippen molar-refractivity contribution < 1.29 is 14.3 Å². The molecule has 0 heterocycles. The van der Waals surface area contributed by atoms with E-state index in [1.165, 1.54) is 0 Å². The van der Waals surface area contributed by atoms with Crippen LogP contribution in [0.1, 0.15) is 37.8 Å². The van der Waals surface area contributed by atoms with Crippen molar-refractivity contribution in [1.29, 1.82) is 0 Å². The normalized spacial score (nSPS) is 11.6. The lowest BCUT2D eigenvalue weighted by Gasteiger charge is -2.28. The highest BCUT2D eigenvalue weighted by Crippen LogP contribution is 2.15. The SMILES string of the molecule is CCCCNC(=O)[C@H](C)N(Cc1ccc(Cl)cc1)C(=O)COc1ccc(C)cc1. The lowest BCUT2D eigenvalue weighted by molar-refractivity contribution is -0.142. The van der Waals surface area contributed by atoms with Gasteiger partial charge in [0.15, 0.2) is 6.61 Å². The van der Waals surface area contributed by atoms with E-state index in [0.717, 1.165) is 24.0 Å². The number of nitrogens with one attached hydrogen (secondary N) is 1. The fraction of sp³-hybridized carbons (Fsp3) is 0.391. The molecule has 1 atom stereocenters. The Morgan fingerprint density at radius 2 is 1.76 bits per heavy atom. The molecule has 6 heteroatoms. The van der Waals surface area contributed by atoms with Gasteiger partial charge in [-0.25, -0.2) is 0 Å². The van der Waals surface area contributed by atoms with Gasteiger partial charge in [-0.2, -0.15) is 0 Å². The van der Waals surface area contributed by atoms with Gasteiger partial charge in [0.1, 0.15) is 11.8 Å². The maximum absolute atomic E-state index is 12.9. The molecule has 1 N–H and O–H groups in total. The van der Waals surface area contributed by atoms with Crippen LogP contribution in [-0.2, 0) is 16.1 Å². The third-order valence-electron chi connectivity index (χ3n) is 4.65. The number of carbonyl (C=O) groups is 2. The minimum atomic E-state index is -0.614. The van der Waals surface area contributed by atoms with Crippen LogP contribution < -0.4 is 10.1 Å². The molecule has 2 rings (SSSR count). The zero-order valence-electron chi connectivity index (χ0n) is 17.3. The molecular weight excluding hydrogens is 388 g/mol. The topological polar surface area (TPSA) is 58.6 Å². The molecule has 5 nitrogen and oxygen atoms in total. The minimum absolute atomic E-state index is 0.136. The van der Waals surface area contributed by atoms with Crippen molar-refractivity contribution >= 4 is 23.4 Å². The predicted octanol–water partition coefficient (Wildman–Crippen LogP) is 4.36. The Bertz CT molecular complexity index is 791. The largest absolute Gasteiger partial charge is 0.484 e. The number of hydrogen-bond donors (Lipinski definition) is 1. The molecule has 2 aromatic carbocycles. The van der Waals surface area contributed by atoms with E-state index in [0.29, 0.717) is 23.9 Å². The molecule has 0 radical (unpaired) electrons. The van der Waals surface area contributed by atoms with Gasteiger partial charge in [0.25, 0.3) is 5.91 Å². The van der Waals surface area contributed by atoms with E-state index in [9.17, 15) is 9.59 Å². The monoisotopic (exact) mass is 416 g/mol. The van der Waals surface area contributed by atoms with E-state index >= 15 is 0 Å². The van der Waals surface area contributed by atoms with Crippen LogP contribution in [0, 0.1) is 6.92 Å². The Morgan fingerprint density at radius 1 is 1.10 bits per heavy atom. The molecule has 0 saturated carbocycles. The maximum atomic E-state index is 12.9. The molecule has 0 unspecified atom stereocenters. The summed E-state index contributed by atoms with van der Waals surface area (Å²) in [5.74, 6) is 0.199. The second-order valence-corrected chi connectivity index (χ2v) is 7.51. The number of amides is 2. The second-order valence-electron chi connectivity index (χ2n) is 7.07. The summed E-state index contributed by atoms with van der Waals surface area (Å²) in [7, 11) is 0. The van der Waals surface area contributed by atoms with Crippen LogP contribution in [0.2, 0.25) is 5.02 Å². The van der Waals surface area contributed by atoms with Crippen LogP contribution in [-0.4, -0.2) is 35.9 Å². The minimum Gasteiger partial charge on any atom is -0.484 e. The molecular formula is C23H29ClN2O3. The number of nitrogens with zero attached hydrogens (tertiary/aromatic N) is 1. The van der Waals surface area contributed by atoms with Crippen LogP contribution in [0.3, 0.4) is 0 Å². The average molecular weight is 417 g/mol. The molecule has 29 heavy (non-hydrogen) atoms. The average Bonchev–Trinajstić information content (AvgIpc) is 2.72. The Hall–Kier alpha value is -2.53. The van der Waals surface area contributed by atoms with Gasteiger partial charge in [0, 0.05) is 18.1 Å². The van der Waals surface area contributed by atoms with E-state index in [2.05, 4.69) is 12.2 Å². The Kier molecular flexibility index (Phi) is 9.00. The Labute approximate surface area is 178 Å². The summed E-state index contributed by atoms with van der Waals surface area (Å²) in [5, 5.41) is 3.52. The summed E-state index contributed by atoms with van der Waals surface area (Å²) in [6.07, 6.45) is 1.90. The summed E-state index contributed by atoms with van der Waals surface area (Å²) >= 11 is 5.96. The van der Waals surface area contributed by atoms with Crippen molar-refractivity contribution in [2.75, 3.05) is 13.2 Å². The van der Waals surface area contributed by atoms with Crippen molar-refractivity contribution in [3.05, 3.63) is 64.7 Å². The van der Waals surface area contributed by atoms with Crippen LogP contribution in [0.25, 0.3) is 0 Å². The van der Waals surface area contributed by atoms with E-state index in [1.54, 1.807) is 24.0 Å².